The topological polar surface area (TPSA) is 48.0 Å². The van der Waals surface area contributed by atoms with E-state index in [1.54, 1.807) is 16.2 Å². The van der Waals surface area contributed by atoms with Crippen LogP contribution < -0.4 is 14.4 Å². The lowest BCUT2D eigenvalue weighted by Crippen LogP contribution is -2.33. The van der Waals surface area contributed by atoms with E-state index in [0.717, 1.165) is 16.1 Å². The van der Waals surface area contributed by atoms with Gasteiger partial charge in [0.1, 0.15) is 19.8 Å². The molecule has 0 fully saturated rings. The molecule has 1 aliphatic heterocycles. The Hall–Kier alpha value is -2.83. The van der Waals surface area contributed by atoms with Gasteiger partial charge in [-0.05, 0) is 36.8 Å². The fourth-order valence-corrected chi connectivity index (χ4v) is 4.04. The van der Waals surface area contributed by atoms with Gasteiger partial charge in [0.2, 0.25) is 0 Å². The molecule has 0 saturated carbocycles. The van der Waals surface area contributed by atoms with Crippen LogP contribution in [0.5, 0.6) is 11.5 Å². The average molecular weight is 410 g/mol. The lowest BCUT2D eigenvalue weighted by atomic mass is 10.2. The third kappa shape index (κ3) is 4.96. The second-order valence-electron chi connectivity index (χ2n) is 6.80. The number of rotatable bonds is 7. The van der Waals surface area contributed by atoms with Gasteiger partial charge in [-0.25, -0.2) is 0 Å². The zero-order chi connectivity index (χ0) is 20.1. The molecule has 0 bridgehead atoms. The van der Waals surface area contributed by atoms with Crippen LogP contribution in [0.4, 0.5) is 5.69 Å². The molecule has 1 aliphatic rings. The first-order valence-corrected chi connectivity index (χ1v) is 10.4. The maximum Gasteiger partial charge on any atom is 0.253 e. The molecule has 0 saturated heterocycles. The predicted octanol–water partition coefficient (Wildman–Crippen LogP) is 4.58. The maximum absolute atomic E-state index is 13.0. The van der Waals surface area contributed by atoms with Crippen molar-refractivity contribution in [1.29, 1.82) is 0 Å². The quantitative estimate of drug-likeness (QED) is 0.573. The van der Waals surface area contributed by atoms with Crippen molar-refractivity contribution < 1.29 is 19.0 Å². The summed E-state index contributed by atoms with van der Waals surface area (Å²) in [7, 11) is 0. The van der Waals surface area contributed by atoms with Gasteiger partial charge in [0.05, 0.1) is 13.2 Å². The number of nitrogens with zero attached hydrogens (tertiary/aromatic N) is 1. The Kier molecular flexibility index (Phi) is 6.12. The molecule has 0 radical (unpaired) electrons. The second-order valence-corrected chi connectivity index (χ2v) is 8.17. The van der Waals surface area contributed by atoms with Crippen molar-refractivity contribution in [2.75, 3.05) is 24.7 Å². The molecule has 1 amide bonds. The van der Waals surface area contributed by atoms with E-state index in [-0.39, 0.29) is 12.5 Å². The lowest BCUT2D eigenvalue weighted by Gasteiger charge is -2.25. The predicted molar refractivity (Wildman–Crippen MR) is 114 cm³/mol. The molecule has 2 heterocycles. The van der Waals surface area contributed by atoms with Gasteiger partial charge in [-0.15, -0.1) is 11.3 Å². The van der Waals surface area contributed by atoms with Crippen LogP contribution in [0.15, 0.2) is 60.7 Å². The van der Waals surface area contributed by atoms with Gasteiger partial charge >= 0.3 is 0 Å². The number of benzene rings is 2. The number of hydrogen-bond donors (Lipinski definition) is 0. The smallest absolute Gasteiger partial charge is 0.253 e. The van der Waals surface area contributed by atoms with Crippen molar-refractivity contribution in [3.63, 3.8) is 0 Å². The first-order chi connectivity index (χ1) is 14.2. The summed E-state index contributed by atoms with van der Waals surface area (Å²) in [6.45, 7) is 4.01. The van der Waals surface area contributed by atoms with E-state index in [4.69, 9.17) is 14.2 Å². The van der Waals surface area contributed by atoms with Gasteiger partial charge in [0, 0.05) is 21.5 Å². The van der Waals surface area contributed by atoms with Crippen LogP contribution in [0.2, 0.25) is 0 Å². The Morgan fingerprint density at radius 1 is 1.03 bits per heavy atom. The fourth-order valence-electron chi connectivity index (χ4n) is 3.16. The highest BCUT2D eigenvalue weighted by Crippen LogP contribution is 2.35. The molecule has 4 rings (SSSR count). The van der Waals surface area contributed by atoms with E-state index >= 15 is 0 Å². The molecule has 6 heteroatoms. The zero-order valence-electron chi connectivity index (χ0n) is 16.3. The molecular formula is C23H23NO4S. The van der Waals surface area contributed by atoms with Crippen LogP contribution in [0, 0.1) is 6.92 Å². The summed E-state index contributed by atoms with van der Waals surface area (Å²) in [5.74, 6) is 1.28. The molecule has 29 heavy (non-hydrogen) atoms. The Balaban J connectivity index is 1.50. The van der Waals surface area contributed by atoms with Crippen LogP contribution in [0.3, 0.4) is 0 Å². The van der Waals surface area contributed by atoms with Crippen molar-refractivity contribution in [3.05, 3.63) is 76.0 Å². The van der Waals surface area contributed by atoms with Crippen LogP contribution in [0.25, 0.3) is 0 Å². The lowest BCUT2D eigenvalue weighted by molar-refractivity contribution is -0.123. The fraction of sp³-hybridized carbons (Fsp3) is 0.261. The summed E-state index contributed by atoms with van der Waals surface area (Å²) >= 11 is 1.69. The molecule has 3 aromatic rings. The minimum absolute atomic E-state index is 0.00763. The molecule has 2 aromatic carbocycles. The van der Waals surface area contributed by atoms with Crippen molar-refractivity contribution in [2.24, 2.45) is 0 Å². The standard InChI is InChI=1S/C23H23NO4S/c1-17-7-9-20(29-17)14-24(19-8-10-21-22(13-19)28-12-11-27-21)23(25)16-26-15-18-5-3-2-4-6-18/h2-10,13H,11-12,14-16H2,1H3. The second kappa shape index (κ2) is 9.11. The van der Waals surface area contributed by atoms with Gasteiger partial charge in [-0.1, -0.05) is 30.3 Å². The van der Waals surface area contributed by atoms with Gasteiger partial charge in [-0.2, -0.15) is 0 Å². The minimum atomic E-state index is -0.0938. The van der Waals surface area contributed by atoms with E-state index < -0.39 is 0 Å². The highest BCUT2D eigenvalue weighted by molar-refractivity contribution is 7.11. The number of amides is 1. The summed E-state index contributed by atoms with van der Waals surface area (Å²) in [4.78, 5) is 17.1. The van der Waals surface area contributed by atoms with Crippen LogP contribution in [0.1, 0.15) is 15.3 Å². The molecule has 0 unspecified atom stereocenters. The molecule has 5 nitrogen and oxygen atoms in total. The molecule has 0 aliphatic carbocycles. The number of anilines is 1. The first-order valence-electron chi connectivity index (χ1n) is 9.56. The maximum atomic E-state index is 13.0. The van der Waals surface area contributed by atoms with E-state index in [1.807, 2.05) is 48.5 Å². The Bertz CT molecular complexity index is 970. The Morgan fingerprint density at radius 2 is 1.83 bits per heavy atom. The summed E-state index contributed by atoms with van der Waals surface area (Å²) in [6, 6.07) is 19.6. The Morgan fingerprint density at radius 3 is 2.59 bits per heavy atom. The van der Waals surface area contributed by atoms with Crippen LogP contribution in [-0.4, -0.2) is 25.7 Å². The first kappa shape index (κ1) is 19.5. The van der Waals surface area contributed by atoms with Gasteiger partial charge in [0.25, 0.3) is 5.91 Å². The minimum Gasteiger partial charge on any atom is -0.486 e. The molecular weight excluding hydrogens is 386 g/mol. The number of thiophene rings is 1. The van der Waals surface area contributed by atoms with Crippen molar-refractivity contribution in [2.45, 2.75) is 20.1 Å². The number of carbonyl (C=O) groups excluding carboxylic acids is 1. The average Bonchev–Trinajstić information content (AvgIpc) is 3.17. The monoisotopic (exact) mass is 409 g/mol. The van der Waals surface area contributed by atoms with Crippen LogP contribution >= 0.6 is 11.3 Å². The third-order valence-electron chi connectivity index (χ3n) is 4.59. The third-order valence-corrected chi connectivity index (χ3v) is 5.57. The number of ether oxygens (including phenoxy) is 3. The van der Waals surface area contributed by atoms with Crippen molar-refractivity contribution in [1.82, 2.24) is 0 Å². The van der Waals surface area contributed by atoms with Gasteiger partial charge in [0.15, 0.2) is 11.5 Å². The SMILES string of the molecule is Cc1ccc(CN(C(=O)COCc2ccccc2)c2ccc3c(c2)OCCO3)s1. The van der Waals surface area contributed by atoms with E-state index in [1.165, 1.54) is 4.88 Å². The number of carbonyl (C=O) groups is 1. The van der Waals surface area contributed by atoms with E-state index in [0.29, 0.717) is 37.9 Å². The number of hydrogen-bond acceptors (Lipinski definition) is 5. The highest BCUT2D eigenvalue weighted by Gasteiger charge is 2.20. The van der Waals surface area contributed by atoms with Crippen LogP contribution in [-0.2, 0) is 22.7 Å². The Labute approximate surface area is 174 Å². The van der Waals surface area contributed by atoms with Crippen molar-refractivity contribution in [3.8, 4) is 11.5 Å². The normalized spacial score (nSPS) is 12.6. The molecule has 150 valence electrons. The molecule has 0 atom stereocenters. The summed E-state index contributed by atoms with van der Waals surface area (Å²) in [6.07, 6.45) is 0. The summed E-state index contributed by atoms with van der Waals surface area (Å²) in [5, 5.41) is 0. The number of fused-ring (bicyclic) bond motifs is 1. The summed E-state index contributed by atoms with van der Waals surface area (Å²) in [5.41, 5.74) is 1.81. The van der Waals surface area contributed by atoms with Gasteiger partial charge in [-0.3, -0.25) is 4.79 Å². The number of aryl methyl sites for hydroxylation is 1. The van der Waals surface area contributed by atoms with E-state index in [9.17, 15) is 4.79 Å². The van der Waals surface area contributed by atoms with Crippen molar-refractivity contribution >= 4 is 22.9 Å². The van der Waals surface area contributed by atoms with E-state index in [2.05, 4.69) is 19.1 Å². The highest BCUT2D eigenvalue weighted by atomic mass is 32.1. The molecule has 1 aromatic heterocycles. The molecule has 0 spiro atoms. The van der Waals surface area contributed by atoms with Gasteiger partial charge < -0.3 is 19.1 Å². The zero-order valence-corrected chi connectivity index (χ0v) is 17.1. The summed E-state index contributed by atoms with van der Waals surface area (Å²) < 4.78 is 17.0. The largest absolute Gasteiger partial charge is 0.486 e. The molecule has 0 N–H and O–H groups in total.